The summed E-state index contributed by atoms with van der Waals surface area (Å²) in [6, 6.07) is 3.76. The lowest BCUT2D eigenvalue weighted by Crippen LogP contribution is -2.54. The van der Waals surface area contributed by atoms with Gasteiger partial charge in [-0.05, 0) is 25.8 Å². The monoisotopic (exact) mass is 634 g/mol. The van der Waals surface area contributed by atoms with Crippen LogP contribution in [0, 0.1) is 11.2 Å². The van der Waals surface area contributed by atoms with E-state index in [1.54, 1.807) is 25.3 Å². The van der Waals surface area contributed by atoms with Crippen molar-refractivity contribution in [2.24, 2.45) is 10.4 Å². The van der Waals surface area contributed by atoms with Gasteiger partial charge in [-0.2, -0.15) is 0 Å². The van der Waals surface area contributed by atoms with Crippen LogP contribution in [0.25, 0.3) is 0 Å². The number of amidine groups is 1. The van der Waals surface area contributed by atoms with E-state index in [1.807, 2.05) is 5.38 Å². The number of aliphatic imine (C=N–C) groups is 1. The number of hydrogen-bond acceptors (Lipinski definition) is 11. The smallest absolute Gasteiger partial charge is 0.338 e. The number of hydrogen-bond donors (Lipinski definition) is 3. The number of fused-ring (bicyclic) bond motifs is 1. The number of carbonyl (C=O) groups is 2. The summed E-state index contributed by atoms with van der Waals surface area (Å²) in [4.78, 5) is 41.2. The van der Waals surface area contributed by atoms with Crippen LogP contribution in [0.1, 0.15) is 36.4 Å². The molecule has 3 unspecified atom stereocenters. The third-order valence-electron chi connectivity index (χ3n) is 8.41. The van der Waals surface area contributed by atoms with Crippen LogP contribution in [0.3, 0.4) is 0 Å². The lowest BCUT2D eigenvalue weighted by Gasteiger charge is -2.39. The molecule has 0 bridgehead atoms. The summed E-state index contributed by atoms with van der Waals surface area (Å²) in [5.41, 5.74) is 0.463. The number of carboxylic acid groups (broad SMARTS) is 1. The Kier molecular flexibility index (Phi) is 8.33. The Morgan fingerprint density at radius 3 is 2.81 bits per heavy atom. The molecule has 6 rings (SSSR count). The highest BCUT2D eigenvalue weighted by atomic mass is 35.5. The number of carbonyl (C=O) groups excluding carboxylic acids is 1. The van der Waals surface area contributed by atoms with Crippen LogP contribution in [0.4, 0.5) is 4.39 Å². The van der Waals surface area contributed by atoms with Crippen molar-refractivity contribution in [1.29, 1.82) is 0 Å². The Labute approximate surface area is 257 Å². The molecule has 2 aromatic rings. The zero-order valence-corrected chi connectivity index (χ0v) is 25.5. The van der Waals surface area contributed by atoms with Crippen LogP contribution in [0.15, 0.2) is 46.0 Å². The molecule has 0 amide bonds. The highest BCUT2D eigenvalue weighted by Crippen LogP contribution is 2.48. The molecular formula is C28H32ClFN6O4S2. The van der Waals surface area contributed by atoms with E-state index in [0.29, 0.717) is 67.7 Å². The predicted molar refractivity (Wildman–Crippen MR) is 160 cm³/mol. The van der Waals surface area contributed by atoms with Crippen LogP contribution >= 0.6 is 35.6 Å². The fourth-order valence-electron chi connectivity index (χ4n) is 6.04. The normalized spacial score (nSPS) is 26.0. The Bertz CT molecular complexity index is 1440. The van der Waals surface area contributed by atoms with E-state index >= 15 is 0 Å². The number of thiazole rings is 1. The molecule has 14 heteroatoms. The van der Waals surface area contributed by atoms with Crippen molar-refractivity contribution in [2.45, 2.75) is 37.3 Å². The van der Waals surface area contributed by atoms with Crippen molar-refractivity contribution in [2.75, 3.05) is 45.9 Å². The van der Waals surface area contributed by atoms with Gasteiger partial charge in [-0.1, -0.05) is 23.7 Å². The number of ether oxygens (including phenoxy) is 1. The highest BCUT2D eigenvalue weighted by Gasteiger charge is 2.54. The largest absolute Gasteiger partial charge is 0.481 e. The fraction of sp³-hybridized carbons (Fsp3) is 0.500. The molecule has 1 saturated carbocycles. The van der Waals surface area contributed by atoms with E-state index in [4.69, 9.17) is 34.0 Å². The molecule has 4 heterocycles. The summed E-state index contributed by atoms with van der Waals surface area (Å²) >= 11 is 12.7. The molecule has 1 aliphatic carbocycles. The zero-order chi connectivity index (χ0) is 29.6. The summed E-state index contributed by atoms with van der Waals surface area (Å²) in [5, 5.41) is 15.4. The van der Waals surface area contributed by atoms with Gasteiger partial charge in [0.25, 0.3) is 0 Å². The molecule has 0 radical (unpaired) electrons. The molecule has 2 saturated heterocycles. The van der Waals surface area contributed by atoms with Crippen LogP contribution in [-0.4, -0.2) is 100.0 Å². The quantitative estimate of drug-likeness (QED) is 0.283. The first kappa shape index (κ1) is 29.5. The van der Waals surface area contributed by atoms with Gasteiger partial charge in [0.15, 0.2) is 10.8 Å². The van der Waals surface area contributed by atoms with Crippen molar-refractivity contribution in [1.82, 2.24) is 25.0 Å². The second-order valence-corrected chi connectivity index (χ2v) is 12.8. The Hall–Kier alpha value is -2.55. The van der Waals surface area contributed by atoms with E-state index in [1.165, 1.54) is 17.4 Å². The zero-order valence-electron chi connectivity index (χ0n) is 23.0. The van der Waals surface area contributed by atoms with E-state index in [2.05, 4.69) is 25.0 Å². The van der Waals surface area contributed by atoms with Crippen molar-refractivity contribution in [3.05, 3.63) is 62.5 Å². The highest BCUT2D eigenvalue weighted by molar-refractivity contribution is 7.80. The minimum atomic E-state index is -0.891. The van der Waals surface area contributed by atoms with E-state index < -0.39 is 29.2 Å². The standard InChI is InChI=1S/C28H32ClFN6O4S2/c1-2-40-25(37)20-19(32-23(24-31-8-11-42-24)33-22(20)17-4-3-5-18(30)21(17)29)14-34-9-10-36-16(12-34)13-35(27(36)41)15-28(6-7-28)26(38)39/h3-5,8,11,16,22,27,41H,2,6-7,9-10,12-15H2,1H3,(H,32,33)(H,38,39). The van der Waals surface area contributed by atoms with Gasteiger partial charge in [-0.3, -0.25) is 24.5 Å². The Balaban J connectivity index is 1.29. The van der Waals surface area contributed by atoms with E-state index in [0.717, 1.165) is 6.54 Å². The molecule has 1 aromatic carbocycles. The molecule has 4 aliphatic rings. The molecule has 10 nitrogen and oxygen atoms in total. The molecule has 2 N–H and O–H groups in total. The van der Waals surface area contributed by atoms with Crippen LogP contribution < -0.4 is 5.32 Å². The molecule has 224 valence electrons. The van der Waals surface area contributed by atoms with Gasteiger partial charge in [0, 0.05) is 68.1 Å². The first-order chi connectivity index (χ1) is 20.2. The number of carboxylic acids is 1. The minimum Gasteiger partial charge on any atom is -0.481 e. The SMILES string of the molecule is CCOC(=O)C1=C(CN2CCN3C(C2)CN(CC2(C(=O)O)CC2)C3S)NC(c2nccs2)=NC1c1cccc(F)c1Cl. The number of nitrogens with one attached hydrogen (secondary N) is 1. The third-order valence-corrected chi connectivity index (χ3v) is 10.2. The van der Waals surface area contributed by atoms with Crippen LogP contribution in [0.5, 0.6) is 0 Å². The van der Waals surface area contributed by atoms with Gasteiger partial charge in [0.1, 0.15) is 17.4 Å². The molecule has 1 aromatic heterocycles. The van der Waals surface area contributed by atoms with Gasteiger partial charge in [-0.15, -0.1) is 24.0 Å². The van der Waals surface area contributed by atoms with E-state index in [9.17, 15) is 19.1 Å². The van der Waals surface area contributed by atoms with Crippen LogP contribution in [0.2, 0.25) is 5.02 Å². The van der Waals surface area contributed by atoms with Gasteiger partial charge in [0.05, 0.1) is 22.6 Å². The maximum atomic E-state index is 14.6. The van der Waals surface area contributed by atoms with Crippen LogP contribution in [-0.2, 0) is 14.3 Å². The van der Waals surface area contributed by atoms with Crippen molar-refractivity contribution in [3.8, 4) is 0 Å². The van der Waals surface area contributed by atoms with Gasteiger partial charge in [-0.25, -0.2) is 14.2 Å². The van der Waals surface area contributed by atoms with Gasteiger partial charge in [0.2, 0.25) is 0 Å². The minimum absolute atomic E-state index is 0.0953. The average Bonchev–Trinajstić information content (AvgIpc) is 3.41. The van der Waals surface area contributed by atoms with Gasteiger partial charge >= 0.3 is 11.9 Å². The molecule has 42 heavy (non-hydrogen) atoms. The topological polar surface area (TPSA) is 111 Å². The summed E-state index contributed by atoms with van der Waals surface area (Å²) in [6.07, 6.45) is 3.08. The number of benzene rings is 1. The second-order valence-electron chi connectivity index (χ2n) is 11.1. The number of thiol groups is 1. The first-order valence-electron chi connectivity index (χ1n) is 13.9. The lowest BCUT2D eigenvalue weighted by molar-refractivity contribution is -0.144. The second kappa shape index (κ2) is 11.9. The number of aliphatic carboxylic acids is 1. The summed E-state index contributed by atoms with van der Waals surface area (Å²) < 4.78 is 20.1. The fourth-order valence-corrected chi connectivity index (χ4v) is 7.34. The molecule has 3 fully saturated rings. The Morgan fingerprint density at radius 1 is 1.31 bits per heavy atom. The van der Waals surface area contributed by atoms with Crippen molar-refractivity contribution < 1.29 is 23.8 Å². The lowest BCUT2D eigenvalue weighted by atomic mass is 9.95. The molecular weight excluding hydrogens is 603 g/mol. The molecule has 3 atom stereocenters. The van der Waals surface area contributed by atoms with Crippen molar-refractivity contribution in [3.63, 3.8) is 0 Å². The van der Waals surface area contributed by atoms with Gasteiger partial charge < -0.3 is 15.2 Å². The summed E-state index contributed by atoms with van der Waals surface area (Å²) in [7, 11) is 0. The van der Waals surface area contributed by atoms with Crippen molar-refractivity contribution >= 4 is 53.3 Å². The number of rotatable bonds is 9. The maximum absolute atomic E-state index is 14.6. The number of aromatic nitrogens is 1. The third kappa shape index (κ3) is 5.58. The summed E-state index contributed by atoms with van der Waals surface area (Å²) in [6.45, 7) is 5.65. The van der Waals surface area contributed by atoms with E-state index in [-0.39, 0.29) is 28.7 Å². The first-order valence-corrected chi connectivity index (χ1v) is 15.7. The molecule has 3 aliphatic heterocycles. The number of piperazine rings is 1. The Morgan fingerprint density at radius 2 is 2.12 bits per heavy atom. The predicted octanol–water partition coefficient (Wildman–Crippen LogP) is 3.22. The average molecular weight is 635 g/mol. The number of nitrogens with zero attached hydrogens (tertiary/aromatic N) is 5. The molecule has 0 spiro atoms. The number of halogens is 2. The summed E-state index contributed by atoms with van der Waals surface area (Å²) in [5.74, 6) is -1.40. The maximum Gasteiger partial charge on any atom is 0.338 e. The number of esters is 1.